The number of hydrogen-bond donors (Lipinski definition) is 1. The Morgan fingerprint density at radius 1 is 1.15 bits per heavy atom. The fourth-order valence-electron chi connectivity index (χ4n) is 7.71. The molecule has 230 valence electrons. The molecule has 4 fully saturated rings. The van der Waals surface area contributed by atoms with E-state index in [2.05, 4.69) is 18.1 Å². The number of morpholine rings is 1. The van der Waals surface area contributed by atoms with E-state index >= 15 is 0 Å². The molecule has 1 spiro atoms. The first-order chi connectivity index (χ1) is 19.7. The van der Waals surface area contributed by atoms with Crippen LogP contribution in [0.15, 0.2) is 25.3 Å². The number of carbonyl (C=O) groups excluding carboxylic acids is 3. The van der Waals surface area contributed by atoms with Gasteiger partial charge in [0.25, 0.3) is 0 Å². The topological polar surface area (TPSA) is 103 Å². The zero-order chi connectivity index (χ0) is 29.9. The van der Waals surface area contributed by atoms with Crippen LogP contribution in [-0.4, -0.2) is 132 Å². The number of fused-ring (bicyclic) bond motifs is 1. The maximum Gasteiger partial charge on any atom is 0.248 e. The molecule has 1 N–H and O–H groups in total. The van der Waals surface area contributed by atoms with E-state index in [9.17, 15) is 19.5 Å². The number of amides is 3. The molecule has 0 aromatic heterocycles. The van der Waals surface area contributed by atoms with E-state index in [1.807, 2.05) is 20.8 Å². The van der Waals surface area contributed by atoms with Gasteiger partial charge in [-0.25, -0.2) is 0 Å². The maximum absolute atomic E-state index is 14.7. The highest BCUT2D eigenvalue weighted by atomic mass is 16.5. The van der Waals surface area contributed by atoms with Crippen LogP contribution in [0, 0.1) is 17.8 Å². The lowest BCUT2D eigenvalue weighted by atomic mass is 9.64. The summed E-state index contributed by atoms with van der Waals surface area (Å²) in [5.41, 5.74) is -1.93. The van der Waals surface area contributed by atoms with Gasteiger partial charge >= 0.3 is 0 Å². The van der Waals surface area contributed by atoms with Gasteiger partial charge in [0.1, 0.15) is 11.6 Å². The molecule has 7 atom stereocenters. The molecular formula is C31H50N4O6. The number of rotatable bonds is 14. The number of hydrogen-bond acceptors (Lipinski definition) is 7. The zero-order valence-electron chi connectivity index (χ0n) is 25.4. The smallest absolute Gasteiger partial charge is 0.248 e. The second-order valence-corrected chi connectivity index (χ2v) is 12.2. The van der Waals surface area contributed by atoms with E-state index in [0.717, 1.165) is 19.5 Å². The molecule has 41 heavy (non-hydrogen) atoms. The molecule has 3 amide bonds. The number of nitrogens with zero attached hydrogens (tertiary/aromatic N) is 4. The number of ether oxygens (including phenoxy) is 2. The monoisotopic (exact) mass is 574 g/mol. The van der Waals surface area contributed by atoms with Gasteiger partial charge < -0.3 is 29.3 Å². The zero-order valence-corrected chi connectivity index (χ0v) is 25.4. The molecule has 0 aliphatic carbocycles. The Labute approximate surface area is 245 Å². The van der Waals surface area contributed by atoms with Crippen molar-refractivity contribution < 1.29 is 29.0 Å². The molecule has 10 heteroatoms. The molecule has 2 unspecified atom stereocenters. The summed E-state index contributed by atoms with van der Waals surface area (Å²) in [6.45, 7) is 18.2. The van der Waals surface area contributed by atoms with Gasteiger partial charge in [0.05, 0.1) is 43.3 Å². The third-order valence-electron chi connectivity index (χ3n) is 10.2. The highest BCUT2D eigenvalue weighted by Gasteiger charge is 2.79. The summed E-state index contributed by atoms with van der Waals surface area (Å²) in [4.78, 5) is 50.5. The molecule has 4 rings (SSSR count). The maximum atomic E-state index is 14.7. The molecule has 2 bridgehead atoms. The average Bonchev–Trinajstić information content (AvgIpc) is 3.59. The van der Waals surface area contributed by atoms with Gasteiger partial charge in [0.15, 0.2) is 0 Å². The van der Waals surface area contributed by atoms with E-state index in [1.54, 1.807) is 33.9 Å². The summed E-state index contributed by atoms with van der Waals surface area (Å²) >= 11 is 0. The van der Waals surface area contributed by atoms with Gasteiger partial charge in [0, 0.05) is 46.3 Å². The Balaban J connectivity index is 1.76. The van der Waals surface area contributed by atoms with Crippen LogP contribution in [0.25, 0.3) is 0 Å². The molecule has 4 heterocycles. The Hall–Kier alpha value is -2.27. The fourth-order valence-corrected chi connectivity index (χ4v) is 7.71. The van der Waals surface area contributed by atoms with Gasteiger partial charge in [-0.05, 0) is 25.2 Å². The first-order valence-electron chi connectivity index (χ1n) is 15.3. The van der Waals surface area contributed by atoms with Crippen molar-refractivity contribution in [3.8, 4) is 0 Å². The van der Waals surface area contributed by atoms with Gasteiger partial charge in [-0.2, -0.15) is 0 Å². The minimum absolute atomic E-state index is 0.0504. The van der Waals surface area contributed by atoms with Gasteiger partial charge in [-0.3, -0.25) is 19.3 Å². The minimum atomic E-state index is -1.13. The van der Waals surface area contributed by atoms with Crippen molar-refractivity contribution in [2.45, 2.75) is 69.7 Å². The molecule has 4 aliphatic heterocycles. The first kappa shape index (κ1) is 31.7. The third kappa shape index (κ3) is 5.37. The SMILES string of the molecule is C=CCN(C)C(=O)[C@@H]1[C@H]2C(=O)N([C@@H](CO)[C@@H](C)CC)C(C(=O)N(CC=C)CCN3CCOCC3)C23CC[C@@]1(CC)O3. The number of likely N-dealkylation sites (tertiary alicyclic amines) is 1. The standard InChI is InChI=1S/C31H50N4O6/c1-7-13-32(6)27(37)24-25-28(38)35(23(21-36)22(5)9-3)26(31(25)12-11-30(24,10-4)41-31)29(39)34(14-8-2)16-15-33-17-19-40-20-18-33/h7-8,22-26,36H,1-2,9-21H2,3-6H3/t22-,23-,24-,25-,26?,30+,31?/m0/s1. The third-order valence-corrected chi connectivity index (χ3v) is 10.2. The van der Waals surface area contributed by atoms with Crippen LogP contribution in [0.2, 0.25) is 0 Å². The van der Waals surface area contributed by atoms with Crippen molar-refractivity contribution >= 4 is 17.7 Å². The number of carbonyl (C=O) groups is 3. The summed E-state index contributed by atoms with van der Waals surface area (Å²) in [6.07, 6.45) is 5.80. The molecular weight excluding hydrogens is 524 g/mol. The second-order valence-electron chi connectivity index (χ2n) is 12.2. The Bertz CT molecular complexity index is 1000. The van der Waals surface area contributed by atoms with Crippen LogP contribution in [0.4, 0.5) is 0 Å². The lowest BCUT2D eigenvalue weighted by molar-refractivity contribution is -0.159. The van der Waals surface area contributed by atoms with Gasteiger partial charge in [-0.15, -0.1) is 13.2 Å². The van der Waals surface area contributed by atoms with Crippen molar-refractivity contribution in [2.24, 2.45) is 17.8 Å². The van der Waals surface area contributed by atoms with Crippen molar-refractivity contribution in [2.75, 3.05) is 66.1 Å². The van der Waals surface area contributed by atoms with Gasteiger partial charge in [0.2, 0.25) is 17.7 Å². The van der Waals surface area contributed by atoms with Crippen LogP contribution in [0.3, 0.4) is 0 Å². The number of aliphatic hydroxyl groups is 1. The molecule has 0 radical (unpaired) electrons. The average molecular weight is 575 g/mol. The van der Waals surface area contributed by atoms with Crippen LogP contribution in [0.1, 0.15) is 46.5 Å². The highest BCUT2D eigenvalue weighted by Crippen LogP contribution is 2.65. The van der Waals surface area contributed by atoms with Crippen molar-refractivity contribution in [3.63, 3.8) is 0 Å². The number of likely N-dealkylation sites (N-methyl/N-ethyl adjacent to an activating group) is 1. The molecule has 10 nitrogen and oxygen atoms in total. The van der Waals surface area contributed by atoms with E-state index in [4.69, 9.17) is 9.47 Å². The van der Waals surface area contributed by atoms with Crippen LogP contribution in [-0.2, 0) is 23.9 Å². The first-order valence-corrected chi connectivity index (χ1v) is 15.3. The molecule has 0 aromatic rings. The predicted molar refractivity (Wildman–Crippen MR) is 156 cm³/mol. The largest absolute Gasteiger partial charge is 0.394 e. The summed E-state index contributed by atoms with van der Waals surface area (Å²) in [6, 6.07) is -1.49. The van der Waals surface area contributed by atoms with Crippen LogP contribution < -0.4 is 0 Å². The molecule has 4 aliphatic rings. The summed E-state index contributed by atoms with van der Waals surface area (Å²) in [7, 11) is 1.72. The quantitative estimate of drug-likeness (QED) is 0.314. The Morgan fingerprint density at radius 2 is 1.83 bits per heavy atom. The molecule has 0 aromatic carbocycles. The molecule has 4 saturated heterocycles. The lowest BCUT2D eigenvalue weighted by Crippen LogP contribution is -2.60. The van der Waals surface area contributed by atoms with Crippen molar-refractivity contribution in [1.82, 2.24) is 19.6 Å². The fraction of sp³-hybridized carbons (Fsp3) is 0.774. The molecule has 0 saturated carbocycles. The van der Waals surface area contributed by atoms with Crippen molar-refractivity contribution in [1.29, 1.82) is 0 Å². The van der Waals surface area contributed by atoms with E-state index < -0.39 is 35.1 Å². The predicted octanol–water partition coefficient (Wildman–Crippen LogP) is 1.54. The Kier molecular flexibility index (Phi) is 9.99. The van der Waals surface area contributed by atoms with E-state index in [1.165, 1.54) is 0 Å². The highest BCUT2D eigenvalue weighted by molar-refractivity contribution is 5.99. The minimum Gasteiger partial charge on any atom is -0.394 e. The second kappa shape index (κ2) is 12.9. The van der Waals surface area contributed by atoms with Crippen LogP contribution in [0.5, 0.6) is 0 Å². The lowest BCUT2D eigenvalue weighted by Gasteiger charge is -2.41. The Morgan fingerprint density at radius 3 is 2.41 bits per heavy atom. The van der Waals surface area contributed by atoms with E-state index in [0.29, 0.717) is 58.7 Å². The summed E-state index contributed by atoms with van der Waals surface area (Å²) in [5, 5.41) is 10.6. The van der Waals surface area contributed by atoms with Crippen LogP contribution >= 0.6 is 0 Å². The summed E-state index contributed by atoms with van der Waals surface area (Å²) < 4.78 is 12.4. The van der Waals surface area contributed by atoms with E-state index in [-0.39, 0.29) is 30.2 Å². The normalized spacial score (nSPS) is 32.5. The summed E-state index contributed by atoms with van der Waals surface area (Å²) in [5.74, 6) is -2.14. The number of aliphatic hydroxyl groups excluding tert-OH is 1. The van der Waals surface area contributed by atoms with Gasteiger partial charge in [-0.1, -0.05) is 39.3 Å². The van der Waals surface area contributed by atoms with Crippen molar-refractivity contribution in [3.05, 3.63) is 25.3 Å².